The Morgan fingerprint density at radius 2 is 1.93 bits per heavy atom. The number of carbonyl (C=O) groups is 2. The Labute approximate surface area is 177 Å². The summed E-state index contributed by atoms with van der Waals surface area (Å²) >= 11 is 0. The van der Waals surface area contributed by atoms with Gasteiger partial charge in [0.15, 0.2) is 0 Å². The Kier molecular flexibility index (Phi) is 6.16. The molecule has 0 saturated carbocycles. The maximum atomic E-state index is 12.9. The van der Waals surface area contributed by atoms with Crippen LogP contribution < -0.4 is 10.6 Å². The van der Waals surface area contributed by atoms with Gasteiger partial charge in [-0.15, -0.1) is 0 Å². The van der Waals surface area contributed by atoms with Gasteiger partial charge in [0.25, 0.3) is 0 Å². The number of hydrogen-bond donors (Lipinski definition) is 2. The van der Waals surface area contributed by atoms with Gasteiger partial charge in [0.2, 0.25) is 11.8 Å². The third-order valence-corrected chi connectivity index (χ3v) is 5.98. The Morgan fingerprint density at radius 1 is 1.13 bits per heavy atom. The summed E-state index contributed by atoms with van der Waals surface area (Å²) in [4.78, 5) is 27.2. The Bertz CT molecular complexity index is 915. The SMILES string of the molecule is Cc1ccc(C)c(CN[C@H]2C[C@H]3C(=O)N[C@@H](COCc4ccccc4)C(=O)N3C2)c1. The third-order valence-electron chi connectivity index (χ3n) is 5.98. The average Bonchev–Trinajstić information content (AvgIpc) is 3.18. The number of aryl methyl sites for hydroxylation is 2. The maximum Gasteiger partial charge on any atom is 0.248 e. The van der Waals surface area contributed by atoms with Gasteiger partial charge in [-0.1, -0.05) is 54.1 Å². The normalized spacial score (nSPS) is 23.4. The van der Waals surface area contributed by atoms with Gasteiger partial charge < -0.3 is 20.3 Å². The number of ether oxygens (including phenoxy) is 1. The summed E-state index contributed by atoms with van der Waals surface area (Å²) in [6.07, 6.45) is 0.639. The maximum absolute atomic E-state index is 12.9. The molecule has 4 rings (SSSR count). The molecular formula is C24H29N3O3. The van der Waals surface area contributed by atoms with Gasteiger partial charge in [0.05, 0.1) is 13.2 Å². The minimum atomic E-state index is -0.616. The predicted octanol–water partition coefficient (Wildman–Crippen LogP) is 2.08. The van der Waals surface area contributed by atoms with E-state index in [-0.39, 0.29) is 30.5 Å². The van der Waals surface area contributed by atoms with Crippen LogP contribution in [0.1, 0.15) is 28.7 Å². The summed E-state index contributed by atoms with van der Waals surface area (Å²) in [7, 11) is 0. The lowest BCUT2D eigenvalue weighted by atomic mass is 10.0. The number of nitrogens with zero attached hydrogens (tertiary/aromatic N) is 1. The quantitative estimate of drug-likeness (QED) is 0.737. The molecule has 2 aliphatic heterocycles. The Hall–Kier alpha value is -2.70. The van der Waals surface area contributed by atoms with Crippen molar-refractivity contribution in [2.45, 2.75) is 51.5 Å². The minimum Gasteiger partial charge on any atom is -0.374 e. The summed E-state index contributed by atoms with van der Waals surface area (Å²) in [6.45, 7) is 6.08. The van der Waals surface area contributed by atoms with E-state index >= 15 is 0 Å². The molecule has 2 saturated heterocycles. The topological polar surface area (TPSA) is 70.7 Å². The zero-order chi connectivity index (χ0) is 21.1. The number of piperazine rings is 1. The molecule has 2 heterocycles. The first-order valence-corrected chi connectivity index (χ1v) is 10.5. The summed E-state index contributed by atoms with van der Waals surface area (Å²) in [5.74, 6) is -0.136. The van der Waals surface area contributed by atoms with Crippen LogP contribution in [0.4, 0.5) is 0 Å². The van der Waals surface area contributed by atoms with Crippen LogP contribution in [0.2, 0.25) is 0 Å². The van der Waals surface area contributed by atoms with Crippen molar-refractivity contribution in [3.05, 3.63) is 70.8 Å². The number of amides is 2. The minimum absolute atomic E-state index is 0.0521. The van der Waals surface area contributed by atoms with Crippen molar-refractivity contribution in [3.63, 3.8) is 0 Å². The second-order valence-corrected chi connectivity index (χ2v) is 8.31. The number of carbonyl (C=O) groups excluding carboxylic acids is 2. The van der Waals surface area contributed by atoms with Crippen LogP contribution in [0.15, 0.2) is 48.5 Å². The summed E-state index contributed by atoms with van der Waals surface area (Å²) in [5, 5.41) is 6.39. The van der Waals surface area contributed by atoms with Gasteiger partial charge in [-0.25, -0.2) is 0 Å². The van der Waals surface area contributed by atoms with Crippen LogP contribution in [-0.2, 0) is 27.5 Å². The molecule has 2 aromatic rings. The van der Waals surface area contributed by atoms with Gasteiger partial charge in [0.1, 0.15) is 12.1 Å². The first-order valence-electron chi connectivity index (χ1n) is 10.5. The highest BCUT2D eigenvalue weighted by Gasteiger charge is 2.46. The van der Waals surface area contributed by atoms with E-state index in [0.29, 0.717) is 19.6 Å². The first-order chi connectivity index (χ1) is 14.5. The van der Waals surface area contributed by atoms with E-state index in [2.05, 4.69) is 42.7 Å². The summed E-state index contributed by atoms with van der Waals surface area (Å²) in [5.41, 5.74) is 4.77. The van der Waals surface area contributed by atoms with Crippen molar-refractivity contribution >= 4 is 11.8 Å². The van der Waals surface area contributed by atoms with Crippen molar-refractivity contribution in [2.24, 2.45) is 0 Å². The fraction of sp³-hybridized carbons (Fsp3) is 0.417. The zero-order valence-electron chi connectivity index (χ0n) is 17.6. The number of rotatable bonds is 7. The van der Waals surface area contributed by atoms with Crippen molar-refractivity contribution in [1.82, 2.24) is 15.5 Å². The van der Waals surface area contributed by atoms with Gasteiger partial charge in [-0.2, -0.15) is 0 Å². The van der Waals surface area contributed by atoms with Crippen LogP contribution in [0, 0.1) is 13.8 Å². The molecule has 2 aromatic carbocycles. The monoisotopic (exact) mass is 407 g/mol. The van der Waals surface area contributed by atoms with Crippen molar-refractivity contribution < 1.29 is 14.3 Å². The third kappa shape index (κ3) is 4.55. The van der Waals surface area contributed by atoms with E-state index in [1.807, 2.05) is 30.3 Å². The molecule has 6 heteroatoms. The number of hydrogen-bond acceptors (Lipinski definition) is 4. The van der Waals surface area contributed by atoms with E-state index in [1.54, 1.807) is 4.90 Å². The molecule has 0 aromatic heterocycles. The van der Waals surface area contributed by atoms with E-state index < -0.39 is 6.04 Å². The number of benzene rings is 2. The second kappa shape index (κ2) is 8.98. The highest BCUT2D eigenvalue weighted by molar-refractivity contribution is 5.97. The lowest BCUT2D eigenvalue weighted by Crippen LogP contribution is -2.62. The molecule has 0 spiro atoms. The van der Waals surface area contributed by atoms with Crippen LogP contribution in [0.25, 0.3) is 0 Å². The fourth-order valence-electron chi connectivity index (χ4n) is 4.23. The Morgan fingerprint density at radius 3 is 2.73 bits per heavy atom. The molecule has 0 radical (unpaired) electrons. The lowest BCUT2D eigenvalue weighted by Gasteiger charge is -2.34. The Balaban J connectivity index is 1.31. The molecular weight excluding hydrogens is 378 g/mol. The smallest absolute Gasteiger partial charge is 0.248 e. The molecule has 2 amide bonds. The fourth-order valence-corrected chi connectivity index (χ4v) is 4.23. The first kappa shape index (κ1) is 20.6. The molecule has 2 fully saturated rings. The standard InChI is InChI=1S/C24H29N3O3/c1-16-8-9-17(2)19(10-16)12-25-20-11-22-23(28)26-21(24(29)27(22)13-20)15-30-14-18-6-4-3-5-7-18/h3-10,20-22,25H,11-15H2,1-2H3,(H,26,28)/t20-,21-,22-/m0/s1. The molecule has 2 aliphatic rings. The lowest BCUT2D eigenvalue weighted by molar-refractivity contribution is -0.148. The largest absolute Gasteiger partial charge is 0.374 e. The number of nitrogens with one attached hydrogen (secondary N) is 2. The zero-order valence-corrected chi connectivity index (χ0v) is 17.6. The van der Waals surface area contributed by atoms with Gasteiger partial charge in [0, 0.05) is 19.1 Å². The van der Waals surface area contributed by atoms with Crippen LogP contribution in [-0.4, -0.2) is 48.0 Å². The molecule has 2 N–H and O–H groups in total. The molecule has 0 unspecified atom stereocenters. The van der Waals surface area contributed by atoms with E-state index in [0.717, 1.165) is 12.1 Å². The van der Waals surface area contributed by atoms with Crippen molar-refractivity contribution in [3.8, 4) is 0 Å². The molecule has 0 aliphatic carbocycles. The molecule has 3 atom stereocenters. The average molecular weight is 408 g/mol. The highest BCUT2D eigenvalue weighted by Crippen LogP contribution is 2.23. The van der Waals surface area contributed by atoms with E-state index in [4.69, 9.17) is 4.74 Å². The van der Waals surface area contributed by atoms with E-state index in [9.17, 15) is 9.59 Å². The molecule has 6 nitrogen and oxygen atoms in total. The van der Waals surface area contributed by atoms with Crippen LogP contribution in [0.5, 0.6) is 0 Å². The van der Waals surface area contributed by atoms with Gasteiger partial charge in [-0.05, 0) is 37.0 Å². The molecule has 158 valence electrons. The predicted molar refractivity (Wildman–Crippen MR) is 115 cm³/mol. The highest BCUT2D eigenvalue weighted by atomic mass is 16.5. The number of fused-ring (bicyclic) bond motifs is 1. The van der Waals surface area contributed by atoms with Crippen LogP contribution >= 0.6 is 0 Å². The second-order valence-electron chi connectivity index (χ2n) is 8.31. The van der Waals surface area contributed by atoms with Crippen molar-refractivity contribution in [1.29, 1.82) is 0 Å². The van der Waals surface area contributed by atoms with Crippen molar-refractivity contribution in [2.75, 3.05) is 13.2 Å². The summed E-state index contributed by atoms with van der Waals surface area (Å²) in [6, 6.07) is 15.3. The van der Waals surface area contributed by atoms with Crippen LogP contribution in [0.3, 0.4) is 0 Å². The molecule has 30 heavy (non-hydrogen) atoms. The van der Waals surface area contributed by atoms with Gasteiger partial charge >= 0.3 is 0 Å². The van der Waals surface area contributed by atoms with E-state index in [1.165, 1.54) is 16.7 Å². The molecule has 0 bridgehead atoms. The summed E-state index contributed by atoms with van der Waals surface area (Å²) < 4.78 is 5.71. The van der Waals surface area contributed by atoms with Gasteiger partial charge in [-0.3, -0.25) is 9.59 Å².